The van der Waals surface area contributed by atoms with Gasteiger partial charge in [0.15, 0.2) is 0 Å². The van der Waals surface area contributed by atoms with E-state index < -0.39 is 0 Å². The summed E-state index contributed by atoms with van der Waals surface area (Å²) in [5.74, 6) is -0.0433. The Bertz CT molecular complexity index is 436. The van der Waals surface area contributed by atoms with Crippen LogP contribution in [0.1, 0.15) is 29.9 Å². The van der Waals surface area contributed by atoms with Crippen molar-refractivity contribution in [2.24, 2.45) is 0 Å². The highest BCUT2D eigenvalue weighted by atomic mass is 35.5. The van der Waals surface area contributed by atoms with E-state index in [1.165, 1.54) is 18.8 Å². The van der Waals surface area contributed by atoms with Gasteiger partial charge < -0.3 is 10.6 Å². The Balaban J connectivity index is 1.65. The number of hydrogen-bond acceptors (Lipinski definition) is 4. The molecule has 90 valence electrons. The molecule has 0 radical (unpaired) electrons. The van der Waals surface area contributed by atoms with Gasteiger partial charge in [-0.25, -0.2) is 9.97 Å². The van der Waals surface area contributed by atoms with Gasteiger partial charge in [0.05, 0.1) is 5.02 Å². The fourth-order valence-electron chi connectivity index (χ4n) is 2.65. The van der Waals surface area contributed by atoms with E-state index in [0.29, 0.717) is 17.1 Å². The third-order valence-corrected chi connectivity index (χ3v) is 3.64. The van der Waals surface area contributed by atoms with Crippen LogP contribution in [0.4, 0.5) is 0 Å². The normalized spacial score (nSPS) is 30.5. The first-order chi connectivity index (χ1) is 8.22. The first-order valence-corrected chi connectivity index (χ1v) is 6.14. The van der Waals surface area contributed by atoms with Crippen molar-refractivity contribution < 1.29 is 4.79 Å². The predicted molar refractivity (Wildman–Crippen MR) is 62.9 cm³/mol. The Morgan fingerprint density at radius 1 is 1.41 bits per heavy atom. The first-order valence-electron chi connectivity index (χ1n) is 5.77. The quantitative estimate of drug-likeness (QED) is 0.815. The lowest BCUT2D eigenvalue weighted by molar-refractivity contribution is 0.0920. The number of amides is 1. The molecule has 0 aromatic carbocycles. The van der Waals surface area contributed by atoms with E-state index in [2.05, 4.69) is 20.6 Å². The van der Waals surface area contributed by atoms with E-state index in [-0.39, 0.29) is 17.8 Å². The number of nitrogens with one attached hydrogen (secondary N) is 2. The van der Waals surface area contributed by atoms with Crippen molar-refractivity contribution in [2.45, 2.75) is 37.4 Å². The Morgan fingerprint density at radius 2 is 2.18 bits per heavy atom. The largest absolute Gasteiger partial charge is 0.345 e. The predicted octanol–water partition coefficient (Wildman–Crippen LogP) is 0.753. The lowest BCUT2D eigenvalue weighted by Gasteiger charge is -2.20. The zero-order valence-electron chi connectivity index (χ0n) is 9.19. The molecule has 0 unspecified atom stereocenters. The summed E-state index contributed by atoms with van der Waals surface area (Å²) in [7, 11) is 0. The Morgan fingerprint density at radius 3 is 2.76 bits per heavy atom. The monoisotopic (exact) mass is 252 g/mol. The van der Waals surface area contributed by atoms with Gasteiger partial charge in [-0.3, -0.25) is 4.79 Å². The molecule has 0 spiro atoms. The number of fused-ring (bicyclic) bond motifs is 2. The summed E-state index contributed by atoms with van der Waals surface area (Å²) in [5.41, 5.74) is 0. The van der Waals surface area contributed by atoms with Crippen molar-refractivity contribution >= 4 is 17.5 Å². The minimum atomic E-state index is -0.221. The Hall–Kier alpha value is -1.20. The van der Waals surface area contributed by atoms with Crippen LogP contribution in [0, 0.1) is 0 Å². The van der Waals surface area contributed by atoms with Crippen LogP contribution in [-0.4, -0.2) is 34.0 Å². The van der Waals surface area contributed by atoms with Gasteiger partial charge in [0.25, 0.3) is 5.91 Å². The summed E-state index contributed by atoms with van der Waals surface area (Å²) in [5, 5.41) is 6.88. The average Bonchev–Trinajstić information content (AvgIpc) is 2.91. The summed E-state index contributed by atoms with van der Waals surface area (Å²) >= 11 is 5.67. The third-order valence-electron chi connectivity index (χ3n) is 3.44. The fourth-order valence-corrected chi connectivity index (χ4v) is 2.74. The second-order valence-corrected chi connectivity index (χ2v) is 5.02. The molecule has 2 saturated heterocycles. The van der Waals surface area contributed by atoms with Crippen LogP contribution in [0.2, 0.25) is 5.02 Å². The van der Waals surface area contributed by atoms with Crippen LogP contribution in [0.15, 0.2) is 12.4 Å². The third kappa shape index (κ3) is 2.12. The highest BCUT2D eigenvalue weighted by Gasteiger charge is 2.39. The molecule has 5 nitrogen and oxygen atoms in total. The van der Waals surface area contributed by atoms with Gasteiger partial charge in [0.2, 0.25) is 5.82 Å². The van der Waals surface area contributed by atoms with Crippen LogP contribution in [0.25, 0.3) is 0 Å². The Kier molecular flexibility index (Phi) is 2.72. The molecule has 6 heteroatoms. The maximum atomic E-state index is 11.9. The molecule has 1 amide bonds. The molecular formula is C11H13ClN4O. The number of aromatic nitrogens is 2. The maximum absolute atomic E-state index is 11.9. The standard InChI is InChI=1S/C11H13ClN4O/c12-6-4-13-10(14-5-6)11(17)16-9-3-7-1-2-8(9)15-7/h4-5,7-9,15H,1-3H2,(H,16,17)/t7-,8+,9-/m1/s1. The number of carbonyl (C=O) groups is 1. The van der Waals surface area contributed by atoms with Crippen molar-refractivity contribution in [3.05, 3.63) is 23.2 Å². The topological polar surface area (TPSA) is 66.9 Å². The van der Waals surface area contributed by atoms with Crippen molar-refractivity contribution in [2.75, 3.05) is 0 Å². The van der Waals surface area contributed by atoms with Gasteiger partial charge in [-0.2, -0.15) is 0 Å². The van der Waals surface area contributed by atoms with Crippen molar-refractivity contribution in [3.8, 4) is 0 Å². The Labute approximate surface area is 104 Å². The highest BCUT2D eigenvalue weighted by molar-refractivity contribution is 6.30. The zero-order valence-corrected chi connectivity index (χ0v) is 9.94. The van der Waals surface area contributed by atoms with Gasteiger partial charge >= 0.3 is 0 Å². The number of halogens is 1. The molecule has 1 aromatic heterocycles. The fraction of sp³-hybridized carbons (Fsp3) is 0.545. The highest BCUT2D eigenvalue weighted by Crippen LogP contribution is 2.28. The van der Waals surface area contributed by atoms with Gasteiger partial charge in [0, 0.05) is 30.5 Å². The molecule has 0 saturated carbocycles. The van der Waals surface area contributed by atoms with E-state index in [1.54, 1.807) is 0 Å². The van der Waals surface area contributed by atoms with Crippen LogP contribution >= 0.6 is 11.6 Å². The molecule has 17 heavy (non-hydrogen) atoms. The number of carbonyl (C=O) groups excluding carboxylic acids is 1. The molecule has 2 fully saturated rings. The number of nitrogens with zero attached hydrogens (tertiary/aromatic N) is 2. The molecule has 3 rings (SSSR count). The SMILES string of the molecule is O=C(N[C@@H]1C[C@H]2CC[C@@H]1N2)c1ncc(Cl)cn1. The molecular weight excluding hydrogens is 240 g/mol. The van der Waals surface area contributed by atoms with Crippen LogP contribution in [0.3, 0.4) is 0 Å². The van der Waals surface area contributed by atoms with Gasteiger partial charge in [-0.1, -0.05) is 11.6 Å². The summed E-state index contributed by atoms with van der Waals surface area (Å²) in [6.45, 7) is 0. The smallest absolute Gasteiger partial charge is 0.289 e. The van der Waals surface area contributed by atoms with Crippen molar-refractivity contribution in [1.82, 2.24) is 20.6 Å². The van der Waals surface area contributed by atoms with E-state index in [1.807, 2.05) is 0 Å². The van der Waals surface area contributed by atoms with Crippen molar-refractivity contribution in [1.29, 1.82) is 0 Å². The molecule has 3 heterocycles. The minimum Gasteiger partial charge on any atom is -0.345 e. The van der Waals surface area contributed by atoms with Gasteiger partial charge in [-0.05, 0) is 19.3 Å². The van der Waals surface area contributed by atoms with Crippen LogP contribution in [0.5, 0.6) is 0 Å². The second kappa shape index (κ2) is 4.23. The summed E-state index contributed by atoms with van der Waals surface area (Å²) in [6, 6.07) is 1.19. The maximum Gasteiger partial charge on any atom is 0.289 e. The molecule has 1 aromatic rings. The molecule has 2 bridgehead atoms. The lowest BCUT2D eigenvalue weighted by Crippen LogP contribution is -2.43. The summed E-state index contributed by atoms with van der Waals surface area (Å²) in [4.78, 5) is 19.7. The van der Waals surface area contributed by atoms with Gasteiger partial charge in [-0.15, -0.1) is 0 Å². The first kappa shape index (κ1) is 10.9. The molecule has 2 aliphatic heterocycles. The summed E-state index contributed by atoms with van der Waals surface area (Å²) < 4.78 is 0. The number of rotatable bonds is 2. The molecule has 2 aliphatic rings. The van der Waals surface area contributed by atoms with Crippen molar-refractivity contribution in [3.63, 3.8) is 0 Å². The zero-order chi connectivity index (χ0) is 11.8. The average molecular weight is 253 g/mol. The summed E-state index contributed by atoms with van der Waals surface area (Å²) in [6.07, 6.45) is 6.22. The molecule has 2 N–H and O–H groups in total. The van der Waals surface area contributed by atoms with Gasteiger partial charge in [0.1, 0.15) is 0 Å². The van der Waals surface area contributed by atoms with E-state index in [4.69, 9.17) is 11.6 Å². The second-order valence-electron chi connectivity index (χ2n) is 4.59. The van der Waals surface area contributed by atoms with Crippen LogP contribution < -0.4 is 10.6 Å². The molecule has 3 atom stereocenters. The lowest BCUT2D eigenvalue weighted by atomic mass is 9.95. The van der Waals surface area contributed by atoms with Crippen LogP contribution in [-0.2, 0) is 0 Å². The number of hydrogen-bond donors (Lipinski definition) is 2. The minimum absolute atomic E-state index is 0.178. The van der Waals surface area contributed by atoms with E-state index in [0.717, 1.165) is 12.8 Å². The molecule has 0 aliphatic carbocycles. The van der Waals surface area contributed by atoms with E-state index in [9.17, 15) is 4.79 Å². The van der Waals surface area contributed by atoms with E-state index >= 15 is 0 Å².